The molecule has 4 nitrogen and oxygen atoms in total. The summed E-state index contributed by atoms with van der Waals surface area (Å²) in [5, 5.41) is 10.6. The Bertz CT molecular complexity index is 359. The van der Waals surface area contributed by atoms with Crippen LogP contribution in [0.2, 0.25) is 0 Å². The molecule has 0 fully saturated rings. The molecule has 0 saturated carbocycles. The number of nitrogens with zero attached hydrogens (tertiary/aromatic N) is 1. The molecular weight excluding hydrogens is 180 g/mol. The third kappa shape index (κ3) is 2.60. The van der Waals surface area contributed by atoms with Gasteiger partial charge in [-0.1, -0.05) is 12.1 Å². The zero-order chi connectivity index (χ0) is 10.6. The van der Waals surface area contributed by atoms with Crippen molar-refractivity contribution in [2.75, 3.05) is 7.05 Å². The zero-order valence-electron chi connectivity index (χ0n) is 7.84. The fraction of sp³-hybridized carbons (Fsp3) is 0.100. The Labute approximate surface area is 82.2 Å². The van der Waals surface area contributed by atoms with E-state index in [1.165, 1.54) is 23.4 Å². The Hall–Kier alpha value is -1.81. The SMILES string of the molecule is CN(N)/C=C/C(=O)c1ccccc1O. The fourth-order valence-corrected chi connectivity index (χ4v) is 0.957. The van der Waals surface area contributed by atoms with E-state index in [2.05, 4.69) is 0 Å². The van der Waals surface area contributed by atoms with Gasteiger partial charge in [-0.25, -0.2) is 5.84 Å². The second-order valence-electron chi connectivity index (χ2n) is 2.86. The molecule has 3 N–H and O–H groups in total. The summed E-state index contributed by atoms with van der Waals surface area (Å²) in [6, 6.07) is 6.36. The number of carbonyl (C=O) groups is 1. The second-order valence-corrected chi connectivity index (χ2v) is 2.86. The summed E-state index contributed by atoms with van der Waals surface area (Å²) in [6.45, 7) is 0. The minimum absolute atomic E-state index is 0.0261. The molecule has 1 aromatic carbocycles. The van der Waals surface area contributed by atoms with Crippen LogP contribution in [0.1, 0.15) is 10.4 Å². The predicted molar refractivity (Wildman–Crippen MR) is 53.5 cm³/mol. The van der Waals surface area contributed by atoms with E-state index in [1.54, 1.807) is 25.2 Å². The van der Waals surface area contributed by atoms with Crippen molar-refractivity contribution in [1.82, 2.24) is 5.01 Å². The molecular formula is C10H12N2O2. The van der Waals surface area contributed by atoms with Gasteiger partial charge in [0.2, 0.25) is 0 Å². The molecule has 74 valence electrons. The van der Waals surface area contributed by atoms with Gasteiger partial charge in [0.05, 0.1) is 5.56 Å². The summed E-state index contributed by atoms with van der Waals surface area (Å²) in [6.07, 6.45) is 2.73. The summed E-state index contributed by atoms with van der Waals surface area (Å²) >= 11 is 0. The number of aromatic hydroxyl groups is 1. The lowest BCUT2D eigenvalue weighted by Crippen LogP contribution is -2.18. The zero-order valence-corrected chi connectivity index (χ0v) is 7.84. The highest BCUT2D eigenvalue weighted by atomic mass is 16.3. The number of para-hydroxylation sites is 1. The van der Waals surface area contributed by atoms with Gasteiger partial charge in [0.25, 0.3) is 0 Å². The number of phenols is 1. The van der Waals surface area contributed by atoms with E-state index >= 15 is 0 Å². The molecule has 0 aliphatic carbocycles. The summed E-state index contributed by atoms with van der Waals surface area (Å²) in [5.74, 6) is 4.99. The number of ketones is 1. The maximum atomic E-state index is 11.4. The van der Waals surface area contributed by atoms with Gasteiger partial charge in [0.1, 0.15) is 5.75 Å². The quantitative estimate of drug-likeness (QED) is 0.323. The normalized spacial score (nSPS) is 10.4. The lowest BCUT2D eigenvalue weighted by Gasteiger charge is -2.03. The molecule has 0 unspecified atom stereocenters. The van der Waals surface area contributed by atoms with Gasteiger partial charge in [0.15, 0.2) is 5.78 Å². The number of allylic oxidation sites excluding steroid dienone is 1. The molecule has 0 atom stereocenters. The van der Waals surface area contributed by atoms with Crippen molar-refractivity contribution in [2.45, 2.75) is 0 Å². The van der Waals surface area contributed by atoms with Crippen LogP contribution >= 0.6 is 0 Å². The molecule has 0 aromatic heterocycles. The van der Waals surface area contributed by atoms with Crippen LogP contribution in [0.4, 0.5) is 0 Å². The summed E-state index contributed by atoms with van der Waals surface area (Å²) in [7, 11) is 1.61. The smallest absolute Gasteiger partial charge is 0.191 e. The molecule has 1 rings (SSSR count). The number of rotatable bonds is 3. The van der Waals surface area contributed by atoms with Crippen LogP contribution in [0.25, 0.3) is 0 Å². The predicted octanol–water partition coefficient (Wildman–Crippen LogP) is 0.894. The van der Waals surface area contributed by atoms with Crippen molar-refractivity contribution in [3.63, 3.8) is 0 Å². The third-order valence-electron chi connectivity index (χ3n) is 1.63. The van der Waals surface area contributed by atoms with Gasteiger partial charge >= 0.3 is 0 Å². The van der Waals surface area contributed by atoms with E-state index < -0.39 is 0 Å². The average Bonchev–Trinajstić information content (AvgIpc) is 2.15. The number of benzene rings is 1. The first-order chi connectivity index (χ1) is 6.61. The molecule has 0 radical (unpaired) electrons. The summed E-state index contributed by atoms with van der Waals surface area (Å²) in [4.78, 5) is 11.4. The van der Waals surface area contributed by atoms with E-state index in [-0.39, 0.29) is 17.1 Å². The molecule has 0 bridgehead atoms. The van der Waals surface area contributed by atoms with Gasteiger partial charge in [-0.15, -0.1) is 0 Å². The Morgan fingerprint density at radius 2 is 2.14 bits per heavy atom. The molecule has 14 heavy (non-hydrogen) atoms. The molecule has 1 aromatic rings. The highest BCUT2D eigenvalue weighted by molar-refractivity contribution is 6.06. The number of hydrogen-bond acceptors (Lipinski definition) is 4. The van der Waals surface area contributed by atoms with Crippen molar-refractivity contribution < 1.29 is 9.90 Å². The van der Waals surface area contributed by atoms with E-state index in [9.17, 15) is 9.90 Å². The van der Waals surface area contributed by atoms with Gasteiger partial charge in [-0.3, -0.25) is 4.79 Å². The van der Waals surface area contributed by atoms with Gasteiger partial charge < -0.3 is 10.1 Å². The lowest BCUT2D eigenvalue weighted by atomic mass is 10.1. The van der Waals surface area contributed by atoms with Crippen LogP contribution in [0.3, 0.4) is 0 Å². The topological polar surface area (TPSA) is 66.6 Å². The molecule has 4 heteroatoms. The molecule has 0 spiro atoms. The van der Waals surface area contributed by atoms with Crippen LogP contribution < -0.4 is 5.84 Å². The maximum absolute atomic E-state index is 11.4. The molecule has 0 heterocycles. The Morgan fingerprint density at radius 1 is 1.50 bits per heavy atom. The van der Waals surface area contributed by atoms with Crippen LogP contribution in [0.5, 0.6) is 5.75 Å². The third-order valence-corrected chi connectivity index (χ3v) is 1.63. The first kappa shape index (κ1) is 10.3. The largest absolute Gasteiger partial charge is 0.507 e. The van der Waals surface area contributed by atoms with E-state index in [0.717, 1.165) is 0 Å². The second kappa shape index (κ2) is 4.43. The minimum atomic E-state index is -0.277. The lowest BCUT2D eigenvalue weighted by molar-refractivity contribution is 0.104. The van der Waals surface area contributed by atoms with Crippen molar-refractivity contribution in [3.05, 3.63) is 42.1 Å². The standard InChI is InChI=1S/C10H12N2O2/c1-12(11)7-6-10(14)8-4-2-3-5-9(8)13/h2-7,13H,11H2,1H3/b7-6+. The Balaban J connectivity index is 2.85. The summed E-state index contributed by atoms with van der Waals surface area (Å²) in [5.41, 5.74) is 0.269. The van der Waals surface area contributed by atoms with Crippen LogP contribution in [-0.4, -0.2) is 22.9 Å². The van der Waals surface area contributed by atoms with Crippen LogP contribution in [0, 0.1) is 0 Å². The van der Waals surface area contributed by atoms with Crippen molar-refractivity contribution in [1.29, 1.82) is 0 Å². The Kier molecular flexibility index (Phi) is 3.25. The highest BCUT2D eigenvalue weighted by Crippen LogP contribution is 2.16. The van der Waals surface area contributed by atoms with Gasteiger partial charge in [-0.05, 0) is 12.1 Å². The minimum Gasteiger partial charge on any atom is -0.507 e. The van der Waals surface area contributed by atoms with E-state index in [4.69, 9.17) is 5.84 Å². The highest BCUT2D eigenvalue weighted by Gasteiger charge is 2.05. The summed E-state index contributed by atoms with van der Waals surface area (Å²) < 4.78 is 0. The van der Waals surface area contributed by atoms with Crippen molar-refractivity contribution in [3.8, 4) is 5.75 Å². The fourth-order valence-electron chi connectivity index (χ4n) is 0.957. The van der Waals surface area contributed by atoms with Gasteiger partial charge in [0, 0.05) is 19.3 Å². The molecule has 0 amide bonds. The number of carbonyl (C=O) groups excluding carboxylic acids is 1. The molecule has 0 saturated heterocycles. The van der Waals surface area contributed by atoms with Crippen LogP contribution in [-0.2, 0) is 0 Å². The monoisotopic (exact) mass is 192 g/mol. The van der Waals surface area contributed by atoms with Gasteiger partial charge in [-0.2, -0.15) is 0 Å². The Morgan fingerprint density at radius 3 is 2.71 bits per heavy atom. The average molecular weight is 192 g/mol. The maximum Gasteiger partial charge on any atom is 0.191 e. The van der Waals surface area contributed by atoms with E-state index in [1.807, 2.05) is 0 Å². The van der Waals surface area contributed by atoms with Crippen LogP contribution in [0.15, 0.2) is 36.5 Å². The first-order valence-electron chi connectivity index (χ1n) is 4.09. The number of hydrazine groups is 1. The number of nitrogens with two attached hydrogens (primary N) is 1. The molecule has 0 aliphatic rings. The van der Waals surface area contributed by atoms with E-state index in [0.29, 0.717) is 0 Å². The first-order valence-corrected chi connectivity index (χ1v) is 4.09. The number of hydrogen-bond donors (Lipinski definition) is 2. The number of phenolic OH excluding ortho intramolecular Hbond substituents is 1. The van der Waals surface area contributed by atoms with Crippen molar-refractivity contribution in [2.24, 2.45) is 5.84 Å². The molecule has 0 aliphatic heterocycles. The van der Waals surface area contributed by atoms with Crippen molar-refractivity contribution >= 4 is 5.78 Å².